The molecule has 2 aliphatic heterocycles. The molecule has 2 aromatic carbocycles. The van der Waals surface area contributed by atoms with Gasteiger partial charge in [0.25, 0.3) is 5.91 Å². The molecule has 4 atom stereocenters. The molecule has 0 bridgehead atoms. The van der Waals surface area contributed by atoms with Crippen molar-refractivity contribution >= 4 is 57.6 Å². The highest BCUT2D eigenvalue weighted by atomic mass is 35.5. The number of nitrogens with zero attached hydrogens (tertiary/aromatic N) is 2. The van der Waals surface area contributed by atoms with Gasteiger partial charge in [0.2, 0.25) is 5.91 Å². The predicted octanol–water partition coefficient (Wildman–Crippen LogP) is 6.34. The Balaban J connectivity index is 1.15. The van der Waals surface area contributed by atoms with E-state index in [0.29, 0.717) is 71.9 Å². The number of esters is 1. The normalized spacial score (nSPS) is 24.8. The van der Waals surface area contributed by atoms with E-state index in [1.165, 1.54) is 6.26 Å². The first kappa shape index (κ1) is 36.6. The third kappa shape index (κ3) is 7.98. The average Bonchev–Trinajstić information content (AvgIpc) is 3.88. The van der Waals surface area contributed by atoms with Crippen molar-refractivity contribution < 1.29 is 37.7 Å². The van der Waals surface area contributed by atoms with Crippen LogP contribution in [0.2, 0.25) is 10.0 Å². The van der Waals surface area contributed by atoms with E-state index in [2.05, 4.69) is 10.2 Å². The van der Waals surface area contributed by atoms with Crippen LogP contribution in [-0.4, -0.2) is 98.6 Å². The smallest absolute Gasteiger partial charge is 0.308 e. The first-order valence-electron chi connectivity index (χ1n) is 17.4. The summed E-state index contributed by atoms with van der Waals surface area (Å²) in [5.41, 5.74) is 1.88. The lowest BCUT2D eigenvalue weighted by Gasteiger charge is -2.40. The van der Waals surface area contributed by atoms with Crippen molar-refractivity contribution in [3.8, 4) is 0 Å². The Kier molecular flexibility index (Phi) is 12.0. The first-order chi connectivity index (χ1) is 24.2. The summed E-state index contributed by atoms with van der Waals surface area (Å²) in [6.07, 6.45) is 5.28. The van der Waals surface area contributed by atoms with Gasteiger partial charge in [0, 0.05) is 44.3 Å². The molecule has 3 heterocycles. The minimum absolute atomic E-state index is 0.0361. The number of likely N-dealkylation sites (tertiary alicyclic amines) is 2. The number of carbonyl (C=O) groups excluding carboxylic acids is 3. The third-order valence-electron chi connectivity index (χ3n) is 10.2. The molecule has 1 unspecified atom stereocenters. The Morgan fingerprint density at radius 1 is 0.980 bits per heavy atom. The van der Waals surface area contributed by atoms with E-state index in [-0.39, 0.29) is 65.7 Å². The number of para-hydroxylation sites is 1. The van der Waals surface area contributed by atoms with Crippen LogP contribution in [0, 0.1) is 5.92 Å². The molecule has 3 fully saturated rings. The van der Waals surface area contributed by atoms with Crippen molar-refractivity contribution in [3.63, 3.8) is 0 Å². The van der Waals surface area contributed by atoms with Crippen LogP contribution in [0.25, 0.3) is 11.0 Å². The fourth-order valence-corrected chi connectivity index (χ4v) is 8.03. The summed E-state index contributed by atoms with van der Waals surface area (Å²) in [7, 11) is 3.37. The van der Waals surface area contributed by atoms with Gasteiger partial charge in [-0.05, 0) is 69.2 Å². The molecule has 0 spiro atoms. The maximum absolute atomic E-state index is 14.0. The quantitative estimate of drug-likeness (QED) is 0.213. The highest BCUT2D eigenvalue weighted by Crippen LogP contribution is 2.35. The molecule has 270 valence electrons. The van der Waals surface area contributed by atoms with Gasteiger partial charge in [-0.25, -0.2) is 0 Å². The summed E-state index contributed by atoms with van der Waals surface area (Å²) in [5, 5.41) is 4.10. The summed E-state index contributed by atoms with van der Waals surface area (Å²) in [6.45, 7) is 4.01. The first-order valence-corrected chi connectivity index (χ1v) is 18.1. The Bertz CT molecular complexity index is 1660. The van der Waals surface area contributed by atoms with Crippen LogP contribution in [0.5, 0.6) is 0 Å². The SMILES string of the molecule is CCOC(=O)C1CCC(OC([C@@H]2CCCN2C(=O)Cc2cc(Cl)c(NC(=O)c3coc4ccccc34)cc2Cl)N2C[C@H](OC)[C@H](OC)C2)CC1. The van der Waals surface area contributed by atoms with Crippen LogP contribution in [-0.2, 0) is 35.0 Å². The van der Waals surface area contributed by atoms with Crippen LogP contribution in [0.15, 0.2) is 47.1 Å². The molecule has 6 rings (SSSR count). The van der Waals surface area contributed by atoms with Crippen molar-refractivity contribution in [1.82, 2.24) is 9.80 Å². The molecule has 0 radical (unpaired) electrons. The molecular formula is C37H45Cl2N3O8. The molecule has 11 nitrogen and oxygen atoms in total. The molecular weight excluding hydrogens is 685 g/mol. The Labute approximate surface area is 302 Å². The number of furan rings is 1. The van der Waals surface area contributed by atoms with Crippen LogP contribution in [0.3, 0.4) is 0 Å². The molecule has 2 amide bonds. The second-order valence-electron chi connectivity index (χ2n) is 13.3. The van der Waals surface area contributed by atoms with Gasteiger partial charge in [-0.1, -0.05) is 41.4 Å². The minimum atomic E-state index is -0.384. The number of halogens is 2. The standard InChI is InChI=1S/C37H45Cl2N3O8/c1-4-48-37(45)22-11-13-24(14-12-22)50-36(41-19-32(46-2)33(20-41)47-3)30-9-7-15-42(30)34(43)17-23-16-28(39)29(18-27(23)38)40-35(44)26-21-49-31-10-6-5-8-25(26)31/h5-6,8,10,16,18,21-22,24,30,32-33,36H,4,7,9,11-15,17,19-20H2,1-3H3,(H,40,44)/t22?,24?,30-,32-,33+,36?/m0/s1. The zero-order chi connectivity index (χ0) is 35.4. The highest BCUT2D eigenvalue weighted by Gasteiger charge is 2.45. The second kappa shape index (κ2) is 16.4. The van der Waals surface area contributed by atoms with Gasteiger partial charge in [0.15, 0.2) is 0 Å². The zero-order valence-electron chi connectivity index (χ0n) is 28.7. The Morgan fingerprint density at radius 3 is 2.40 bits per heavy atom. The highest BCUT2D eigenvalue weighted by molar-refractivity contribution is 6.36. The van der Waals surface area contributed by atoms with Crippen molar-refractivity contribution in [2.75, 3.05) is 45.8 Å². The van der Waals surface area contributed by atoms with E-state index in [0.717, 1.165) is 25.7 Å². The number of nitrogens with one attached hydrogen (secondary N) is 1. The van der Waals surface area contributed by atoms with Gasteiger partial charge < -0.3 is 33.6 Å². The largest absolute Gasteiger partial charge is 0.466 e. The van der Waals surface area contributed by atoms with Gasteiger partial charge in [-0.3, -0.25) is 19.3 Å². The van der Waals surface area contributed by atoms with Gasteiger partial charge in [0.05, 0.1) is 59.6 Å². The molecule has 13 heteroatoms. The maximum atomic E-state index is 14.0. The minimum Gasteiger partial charge on any atom is -0.466 e. The lowest BCUT2D eigenvalue weighted by molar-refractivity contribution is -0.160. The number of anilines is 1. The lowest BCUT2D eigenvalue weighted by atomic mass is 9.87. The fraction of sp³-hybridized carbons (Fsp3) is 0.541. The Morgan fingerprint density at radius 2 is 1.70 bits per heavy atom. The van der Waals surface area contributed by atoms with Gasteiger partial charge in [0.1, 0.15) is 18.1 Å². The molecule has 50 heavy (non-hydrogen) atoms. The number of benzene rings is 2. The van der Waals surface area contributed by atoms with E-state index in [9.17, 15) is 14.4 Å². The van der Waals surface area contributed by atoms with Crippen LogP contribution in [0.1, 0.15) is 61.4 Å². The number of fused-ring (bicyclic) bond motifs is 1. The van der Waals surface area contributed by atoms with Crippen molar-refractivity contribution in [1.29, 1.82) is 0 Å². The summed E-state index contributed by atoms with van der Waals surface area (Å²) in [5.74, 6) is -0.716. The van der Waals surface area contributed by atoms with Gasteiger partial charge >= 0.3 is 5.97 Å². The summed E-state index contributed by atoms with van der Waals surface area (Å²) in [4.78, 5) is 43.7. The molecule has 1 N–H and O–H groups in total. The fourth-order valence-electron chi connectivity index (χ4n) is 7.57. The van der Waals surface area contributed by atoms with E-state index < -0.39 is 0 Å². The molecule has 1 aromatic heterocycles. The maximum Gasteiger partial charge on any atom is 0.308 e. The zero-order valence-corrected chi connectivity index (χ0v) is 30.2. The van der Waals surface area contributed by atoms with E-state index in [1.54, 1.807) is 32.4 Å². The third-order valence-corrected chi connectivity index (χ3v) is 10.9. The number of amides is 2. The average molecular weight is 731 g/mol. The number of rotatable bonds is 12. The molecule has 2 saturated heterocycles. The number of ether oxygens (including phenoxy) is 4. The lowest BCUT2D eigenvalue weighted by Crippen LogP contribution is -2.53. The summed E-state index contributed by atoms with van der Waals surface area (Å²) in [6, 6.07) is 10.3. The van der Waals surface area contributed by atoms with E-state index in [4.69, 9.17) is 46.6 Å². The van der Waals surface area contributed by atoms with E-state index in [1.807, 2.05) is 30.0 Å². The topological polar surface area (TPSA) is 120 Å². The molecule has 1 aliphatic carbocycles. The van der Waals surface area contributed by atoms with E-state index >= 15 is 0 Å². The molecule has 1 saturated carbocycles. The van der Waals surface area contributed by atoms with Crippen LogP contribution in [0.4, 0.5) is 5.69 Å². The monoisotopic (exact) mass is 729 g/mol. The number of hydrogen-bond donors (Lipinski definition) is 1. The Hall–Kier alpha value is -3.19. The summed E-state index contributed by atoms with van der Waals surface area (Å²) < 4.78 is 29.2. The van der Waals surface area contributed by atoms with Crippen molar-refractivity contribution in [3.05, 3.63) is 63.8 Å². The second-order valence-corrected chi connectivity index (χ2v) is 14.1. The van der Waals surface area contributed by atoms with Crippen molar-refractivity contribution in [2.45, 2.75) is 82.5 Å². The van der Waals surface area contributed by atoms with Gasteiger partial charge in [-0.15, -0.1) is 0 Å². The van der Waals surface area contributed by atoms with Crippen LogP contribution >= 0.6 is 23.2 Å². The van der Waals surface area contributed by atoms with Gasteiger partial charge in [-0.2, -0.15) is 0 Å². The number of carbonyl (C=O) groups is 3. The molecule has 3 aliphatic rings. The number of methoxy groups -OCH3 is 2. The summed E-state index contributed by atoms with van der Waals surface area (Å²) >= 11 is 13.4. The predicted molar refractivity (Wildman–Crippen MR) is 189 cm³/mol. The number of hydrogen-bond acceptors (Lipinski definition) is 9. The van der Waals surface area contributed by atoms with Crippen molar-refractivity contribution in [2.24, 2.45) is 5.92 Å². The molecule has 3 aromatic rings. The van der Waals surface area contributed by atoms with Crippen LogP contribution < -0.4 is 5.32 Å².